The molecule has 0 radical (unpaired) electrons. The number of rotatable bonds is 3. The molecule has 2 rings (SSSR count). The first-order valence-corrected chi connectivity index (χ1v) is 7.15. The maximum absolute atomic E-state index is 13.9. The van der Waals surface area contributed by atoms with Gasteiger partial charge in [0.1, 0.15) is 0 Å². The Morgan fingerprint density at radius 3 is 2.40 bits per heavy atom. The maximum atomic E-state index is 13.9. The van der Waals surface area contributed by atoms with Crippen LogP contribution in [0.4, 0.5) is 22.0 Å². The van der Waals surface area contributed by atoms with Crippen LogP contribution < -0.4 is 4.74 Å². The third-order valence-corrected chi connectivity index (χ3v) is 4.00. The van der Waals surface area contributed by atoms with Crippen LogP contribution in [-0.2, 0) is 14.3 Å². The van der Waals surface area contributed by atoms with Gasteiger partial charge < -0.3 is 14.2 Å². The van der Waals surface area contributed by atoms with Gasteiger partial charge in [-0.3, -0.25) is 0 Å². The van der Waals surface area contributed by atoms with Crippen LogP contribution in [0.5, 0.6) is 5.75 Å². The lowest BCUT2D eigenvalue weighted by molar-refractivity contribution is -0.263. The molecule has 0 aromatic heterocycles. The highest BCUT2D eigenvalue weighted by Crippen LogP contribution is 2.47. The average molecular weight is 366 g/mol. The first-order valence-electron chi connectivity index (χ1n) is 7.15. The van der Waals surface area contributed by atoms with Crippen molar-refractivity contribution in [2.75, 3.05) is 14.2 Å². The van der Waals surface area contributed by atoms with Crippen molar-refractivity contribution in [3.8, 4) is 5.75 Å². The minimum Gasteiger partial charge on any atom is -0.493 e. The topological polar surface area (TPSA) is 44.8 Å². The first kappa shape index (κ1) is 19.0. The molecule has 1 atom stereocenters. The Labute approximate surface area is 140 Å². The SMILES string of the molecule is COC(=O)C1=C(c2ccc(F)c(F)c2OC)CC[C@](C)(C(F)(F)F)O1. The van der Waals surface area contributed by atoms with Crippen molar-refractivity contribution < 1.29 is 41.0 Å². The summed E-state index contributed by atoms with van der Waals surface area (Å²) >= 11 is 0. The zero-order valence-electron chi connectivity index (χ0n) is 13.6. The Hall–Kier alpha value is -2.32. The summed E-state index contributed by atoms with van der Waals surface area (Å²) in [7, 11) is 2.04. The van der Waals surface area contributed by atoms with Gasteiger partial charge in [0.25, 0.3) is 0 Å². The monoisotopic (exact) mass is 366 g/mol. The summed E-state index contributed by atoms with van der Waals surface area (Å²) in [5.41, 5.74) is -2.73. The van der Waals surface area contributed by atoms with E-state index in [1.54, 1.807) is 0 Å². The molecule has 0 saturated heterocycles. The van der Waals surface area contributed by atoms with Crippen LogP contribution in [0.1, 0.15) is 25.3 Å². The Kier molecular flexibility index (Phi) is 4.97. The normalized spacial score (nSPS) is 21.0. The van der Waals surface area contributed by atoms with Gasteiger partial charge in [0.2, 0.25) is 17.2 Å². The molecule has 1 heterocycles. The van der Waals surface area contributed by atoms with Gasteiger partial charge in [-0.15, -0.1) is 0 Å². The number of esters is 1. The number of benzene rings is 1. The molecular formula is C16H15F5O4. The van der Waals surface area contributed by atoms with Crippen molar-refractivity contribution in [2.45, 2.75) is 31.5 Å². The van der Waals surface area contributed by atoms with Gasteiger partial charge in [-0.05, 0) is 25.5 Å². The first-order chi connectivity index (χ1) is 11.6. The van der Waals surface area contributed by atoms with E-state index in [4.69, 9.17) is 9.47 Å². The maximum Gasteiger partial charge on any atom is 0.427 e. The quantitative estimate of drug-likeness (QED) is 0.599. The second-order valence-corrected chi connectivity index (χ2v) is 5.57. The highest BCUT2D eigenvalue weighted by atomic mass is 19.4. The lowest BCUT2D eigenvalue weighted by Crippen LogP contribution is -2.47. The average Bonchev–Trinajstić information content (AvgIpc) is 2.55. The van der Waals surface area contributed by atoms with E-state index in [9.17, 15) is 26.7 Å². The fourth-order valence-electron chi connectivity index (χ4n) is 2.50. The van der Waals surface area contributed by atoms with Crippen molar-refractivity contribution in [3.05, 3.63) is 35.1 Å². The van der Waals surface area contributed by atoms with Crippen LogP contribution in [0.15, 0.2) is 17.9 Å². The van der Waals surface area contributed by atoms with Crippen molar-refractivity contribution >= 4 is 11.5 Å². The molecule has 138 valence electrons. The second kappa shape index (κ2) is 6.53. The number of halogens is 5. The van der Waals surface area contributed by atoms with E-state index in [1.165, 1.54) is 0 Å². The fraction of sp³-hybridized carbons (Fsp3) is 0.438. The van der Waals surface area contributed by atoms with Crippen LogP contribution in [0.2, 0.25) is 0 Å². The molecule has 0 spiro atoms. The van der Waals surface area contributed by atoms with Gasteiger partial charge in [0.05, 0.1) is 14.2 Å². The molecule has 25 heavy (non-hydrogen) atoms. The van der Waals surface area contributed by atoms with Crippen molar-refractivity contribution in [2.24, 2.45) is 0 Å². The Balaban J connectivity index is 2.65. The summed E-state index contributed by atoms with van der Waals surface area (Å²) in [6.07, 6.45) is -5.54. The van der Waals surface area contributed by atoms with E-state index in [1.807, 2.05) is 0 Å². The predicted octanol–water partition coefficient (Wildman–Crippen LogP) is 3.99. The number of allylic oxidation sites excluding steroid dienone is 1. The minimum absolute atomic E-state index is 0.0516. The number of hydrogen-bond donors (Lipinski definition) is 0. The number of alkyl halides is 3. The van der Waals surface area contributed by atoms with Crippen molar-refractivity contribution in [1.29, 1.82) is 0 Å². The molecule has 0 fully saturated rings. The zero-order chi connectivity index (χ0) is 19.0. The summed E-state index contributed by atoms with van der Waals surface area (Å²) in [6.45, 7) is 0.801. The van der Waals surface area contributed by atoms with Crippen LogP contribution in [-0.4, -0.2) is 32.0 Å². The molecule has 0 aliphatic carbocycles. The van der Waals surface area contributed by atoms with Gasteiger partial charge in [-0.2, -0.15) is 17.6 Å². The van der Waals surface area contributed by atoms with Crippen LogP contribution in [0.3, 0.4) is 0 Å². The molecule has 1 aromatic carbocycles. The Morgan fingerprint density at radius 2 is 1.88 bits per heavy atom. The van der Waals surface area contributed by atoms with Crippen LogP contribution in [0, 0.1) is 11.6 Å². The second-order valence-electron chi connectivity index (χ2n) is 5.57. The molecule has 0 amide bonds. The molecule has 1 aliphatic heterocycles. The number of carbonyl (C=O) groups is 1. The highest BCUT2D eigenvalue weighted by molar-refractivity contribution is 5.96. The number of methoxy groups -OCH3 is 2. The van der Waals surface area contributed by atoms with E-state index >= 15 is 0 Å². The molecular weight excluding hydrogens is 351 g/mol. The zero-order valence-corrected chi connectivity index (χ0v) is 13.6. The lowest BCUT2D eigenvalue weighted by atomic mass is 9.88. The largest absolute Gasteiger partial charge is 0.493 e. The molecule has 4 nitrogen and oxygen atoms in total. The molecule has 0 bridgehead atoms. The smallest absolute Gasteiger partial charge is 0.427 e. The summed E-state index contributed by atoms with van der Waals surface area (Å²) < 4.78 is 81.2. The summed E-state index contributed by atoms with van der Waals surface area (Å²) in [5, 5.41) is 0. The van der Waals surface area contributed by atoms with Gasteiger partial charge in [0, 0.05) is 17.6 Å². The number of carbonyl (C=O) groups excluding carboxylic acids is 1. The predicted molar refractivity (Wildman–Crippen MR) is 76.6 cm³/mol. The van der Waals surface area contributed by atoms with Crippen molar-refractivity contribution in [1.82, 2.24) is 0 Å². The van der Waals surface area contributed by atoms with E-state index < -0.39 is 47.3 Å². The number of hydrogen-bond acceptors (Lipinski definition) is 4. The molecule has 1 aromatic rings. The Bertz CT molecular complexity index is 726. The summed E-state index contributed by atoms with van der Waals surface area (Å²) in [4.78, 5) is 11.9. The molecule has 0 saturated carbocycles. The van der Waals surface area contributed by atoms with Crippen LogP contribution in [0.25, 0.3) is 5.57 Å². The number of ether oxygens (including phenoxy) is 3. The van der Waals surface area contributed by atoms with Gasteiger partial charge in [-0.1, -0.05) is 0 Å². The molecule has 0 N–H and O–H groups in total. The third-order valence-electron chi connectivity index (χ3n) is 4.00. The van der Waals surface area contributed by atoms with Crippen molar-refractivity contribution in [3.63, 3.8) is 0 Å². The van der Waals surface area contributed by atoms with Gasteiger partial charge in [0.15, 0.2) is 11.6 Å². The standard InChI is InChI=1S/C16H15F5O4/c1-15(16(19,20)21)7-6-9(13(25-15)14(22)24-3)8-4-5-10(17)11(18)12(8)23-2/h4-5H,6-7H2,1-3H3/t15-/m1/s1. The van der Waals surface area contributed by atoms with E-state index in [2.05, 4.69) is 4.74 Å². The van der Waals surface area contributed by atoms with E-state index in [0.717, 1.165) is 33.3 Å². The molecule has 0 unspecified atom stereocenters. The summed E-state index contributed by atoms with van der Waals surface area (Å²) in [6, 6.07) is 1.89. The van der Waals surface area contributed by atoms with E-state index in [0.29, 0.717) is 0 Å². The van der Waals surface area contributed by atoms with Gasteiger partial charge >= 0.3 is 12.1 Å². The molecule has 9 heteroatoms. The highest BCUT2D eigenvalue weighted by Gasteiger charge is 2.56. The van der Waals surface area contributed by atoms with Crippen LogP contribution >= 0.6 is 0 Å². The van der Waals surface area contributed by atoms with Gasteiger partial charge in [-0.25, -0.2) is 9.18 Å². The minimum atomic E-state index is -4.74. The third kappa shape index (κ3) is 3.27. The molecule has 1 aliphatic rings. The fourth-order valence-corrected chi connectivity index (χ4v) is 2.50. The Morgan fingerprint density at radius 1 is 1.24 bits per heavy atom. The lowest BCUT2D eigenvalue weighted by Gasteiger charge is -2.37. The summed E-state index contributed by atoms with van der Waals surface area (Å²) in [5.74, 6) is -4.91. The van der Waals surface area contributed by atoms with E-state index in [-0.39, 0.29) is 17.6 Å².